The monoisotopic (exact) mass is 352 g/mol. The molecule has 0 bridgehead atoms. The number of rotatable bonds is 8. The zero-order chi connectivity index (χ0) is 17.6. The van der Waals surface area contributed by atoms with E-state index in [1.54, 1.807) is 24.3 Å². The molecule has 2 aromatic carbocycles. The highest BCUT2D eigenvalue weighted by molar-refractivity contribution is 7.86. The fourth-order valence-electron chi connectivity index (χ4n) is 2.12. The number of nitrogens with one attached hydrogen (secondary N) is 1. The van der Waals surface area contributed by atoms with Crippen LogP contribution < -0.4 is 16.1 Å². The number of carbonyl (C=O) groups excluding carboxylic acids is 1. The van der Waals surface area contributed by atoms with Gasteiger partial charge in [0.05, 0.1) is 6.54 Å². The average molecular weight is 352 g/mol. The van der Waals surface area contributed by atoms with Crippen LogP contribution in [0.15, 0.2) is 54.6 Å². The molecule has 0 saturated heterocycles. The second-order valence-electron chi connectivity index (χ2n) is 4.83. The van der Waals surface area contributed by atoms with Crippen LogP contribution in [0.2, 0.25) is 0 Å². The number of anilines is 1. The number of hydrogen-bond acceptors (Lipinski definition) is 7. The molecule has 0 aliphatic carbocycles. The van der Waals surface area contributed by atoms with Crippen LogP contribution in [0.5, 0.6) is 5.75 Å². The van der Waals surface area contributed by atoms with E-state index in [-0.39, 0.29) is 17.9 Å². The molecule has 0 saturated carbocycles. The first-order valence-electron chi connectivity index (χ1n) is 6.83. The Hall–Kier alpha value is -2.46. The average Bonchev–Trinajstić information content (AvgIpc) is 2.55. The minimum Gasteiger partial charge on any atom is -0.378 e. The van der Waals surface area contributed by atoms with E-state index >= 15 is 0 Å². The van der Waals surface area contributed by atoms with Gasteiger partial charge in [-0.2, -0.15) is 14.3 Å². The van der Waals surface area contributed by atoms with Gasteiger partial charge in [0, 0.05) is 5.69 Å². The quantitative estimate of drug-likeness (QED) is 0.370. The predicted octanol–water partition coefficient (Wildman–Crippen LogP) is 1.48. The van der Waals surface area contributed by atoms with Crippen molar-refractivity contribution in [3.8, 4) is 5.75 Å². The van der Waals surface area contributed by atoms with Gasteiger partial charge in [-0.3, -0.25) is 9.35 Å². The van der Waals surface area contributed by atoms with E-state index < -0.39 is 21.2 Å². The number of hydrogen-bond donors (Lipinski definition) is 3. The fourth-order valence-corrected chi connectivity index (χ4v) is 3.03. The minimum atomic E-state index is -4.63. The minimum absolute atomic E-state index is 0.0988. The van der Waals surface area contributed by atoms with Crippen LogP contribution in [0, 0.1) is 0 Å². The standard InChI is InChI=1S/C15H16N2O6S/c16-23-22-13-8-6-11(7-9-13)15(24(19,20)21)14(18)10-17-12-4-2-1-3-5-12/h1-9,15,17H,10,16H2,(H,19,20,21). The van der Waals surface area contributed by atoms with Crippen LogP contribution in [0.25, 0.3) is 0 Å². The Labute approximate surface area is 138 Å². The summed E-state index contributed by atoms with van der Waals surface area (Å²) in [7, 11) is -4.63. The fraction of sp³-hybridized carbons (Fsp3) is 0.133. The number of carbonyl (C=O) groups is 1. The highest BCUT2D eigenvalue weighted by Gasteiger charge is 2.32. The molecule has 8 nitrogen and oxygen atoms in total. The summed E-state index contributed by atoms with van der Waals surface area (Å²) in [5.74, 6) is 4.26. The number of benzene rings is 2. The number of ketones is 1. The summed E-state index contributed by atoms with van der Waals surface area (Å²) in [6, 6.07) is 14.2. The normalized spacial score (nSPS) is 12.4. The number of nitrogens with two attached hydrogens (primary N) is 1. The molecule has 0 spiro atoms. The van der Waals surface area contributed by atoms with Crippen LogP contribution >= 0.6 is 0 Å². The van der Waals surface area contributed by atoms with Crippen molar-refractivity contribution in [2.24, 2.45) is 5.90 Å². The van der Waals surface area contributed by atoms with Crippen LogP contribution in [0.1, 0.15) is 10.8 Å². The maximum Gasteiger partial charge on any atom is 0.279 e. The summed E-state index contributed by atoms with van der Waals surface area (Å²) in [4.78, 5) is 20.8. The first kappa shape index (κ1) is 17.9. The molecular weight excluding hydrogens is 336 g/mol. The van der Waals surface area contributed by atoms with Crippen molar-refractivity contribution in [3.63, 3.8) is 0 Å². The molecule has 9 heteroatoms. The highest BCUT2D eigenvalue weighted by atomic mass is 32.2. The zero-order valence-corrected chi connectivity index (χ0v) is 13.3. The van der Waals surface area contributed by atoms with Gasteiger partial charge in [-0.1, -0.05) is 35.3 Å². The van der Waals surface area contributed by atoms with Gasteiger partial charge in [0.1, 0.15) is 0 Å². The summed E-state index contributed by atoms with van der Waals surface area (Å²) in [6.07, 6.45) is 0. The van der Waals surface area contributed by atoms with Crippen molar-refractivity contribution >= 4 is 21.6 Å². The molecule has 2 aromatic rings. The third-order valence-corrected chi connectivity index (χ3v) is 4.29. The van der Waals surface area contributed by atoms with Gasteiger partial charge >= 0.3 is 0 Å². The van der Waals surface area contributed by atoms with Crippen molar-refractivity contribution in [2.75, 3.05) is 11.9 Å². The lowest BCUT2D eigenvalue weighted by Gasteiger charge is -2.14. The Bertz CT molecular complexity index is 777. The van der Waals surface area contributed by atoms with Crippen LogP contribution in [-0.2, 0) is 19.9 Å². The first-order chi connectivity index (χ1) is 11.4. The molecule has 2 rings (SSSR count). The third-order valence-electron chi connectivity index (χ3n) is 3.16. The highest BCUT2D eigenvalue weighted by Crippen LogP contribution is 2.25. The van der Waals surface area contributed by atoms with Gasteiger partial charge in [0.25, 0.3) is 10.1 Å². The molecule has 0 heterocycles. The van der Waals surface area contributed by atoms with E-state index in [0.717, 1.165) is 0 Å². The Kier molecular flexibility index (Phi) is 5.88. The van der Waals surface area contributed by atoms with Crippen molar-refractivity contribution < 1.29 is 27.6 Å². The Balaban J connectivity index is 2.17. The number of para-hydroxylation sites is 1. The molecule has 0 amide bonds. The van der Waals surface area contributed by atoms with Crippen molar-refractivity contribution in [3.05, 3.63) is 60.2 Å². The summed E-state index contributed by atoms with van der Waals surface area (Å²) < 4.78 is 32.7. The first-order valence-corrected chi connectivity index (χ1v) is 8.33. The van der Waals surface area contributed by atoms with E-state index in [2.05, 4.69) is 15.2 Å². The Morgan fingerprint density at radius 3 is 2.29 bits per heavy atom. The lowest BCUT2D eigenvalue weighted by molar-refractivity contribution is -0.211. The molecule has 0 radical (unpaired) electrons. The smallest absolute Gasteiger partial charge is 0.279 e. The Morgan fingerprint density at radius 2 is 1.75 bits per heavy atom. The second-order valence-corrected chi connectivity index (χ2v) is 6.33. The second kappa shape index (κ2) is 7.88. The lowest BCUT2D eigenvalue weighted by Crippen LogP contribution is -2.27. The molecule has 1 unspecified atom stereocenters. The summed E-state index contributed by atoms with van der Waals surface area (Å²) in [6.45, 7) is -0.265. The molecule has 1 atom stereocenters. The van der Waals surface area contributed by atoms with Gasteiger partial charge in [-0.05, 0) is 29.8 Å². The van der Waals surface area contributed by atoms with Gasteiger partial charge in [-0.25, -0.2) is 0 Å². The molecular formula is C15H16N2O6S. The molecule has 24 heavy (non-hydrogen) atoms. The summed E-state index contributed by atoms with van der Waals surface area (Å²) >= 11 is 0. The Morgan fingerprint density at radius 1 is 1.12 bits per heavy atom. The van der Waals surface area contributed by atoms with Crippen LogP contribution in [0.4, 0.5) is 5.69 Å². The molecule has 0 aliphatic heterocycles. The van der Waals surface area contributed by atoms with Gasteiger partial charge in [0.15, 0.2) is 16.8 Å². The van der Waals surface area contributed by atoms with E-state index in [1.165, 1.54) is 24.3 Å². The predicted molar refractivity (Wildman–Crippen MR) is 86.6 cm³/mol. The SMILES string of the molecule is NOOc1ccc(C(C(=O)CNc2ccccc2)S(=O)(=O)O)cc1. The van der Waals surface area contributed by atoms with Gasteiger partial charge in [0.2, 0.25) is 0 Å². The van der Waals surface area contributed by atoms with Crippen LogP contribution in [0.3, 0.4) is 0 Å². The molecule has 0 aromatic heterocycles. The van der Waals surface area contributed by atoms with Crippen molar-refractivity contribution in [2.45, 2.75) is 5.25 Å². The van der Waals surface area contributed by atoms with Crippen molar-refractivity contribution in [1.29, 1.82) is 0 Å². The zero-order valence-electron chi connectivity index (χ0n) is 12.5. The number of Topliss-reactive ketones (excluding diaryl/α,β-unsaturated/α-hetero) is 1. The van der Waals surface area contributed by atoms with E-state index in [9.17, 15) is 17.8 Å². The topological polar surface area (TPSA) is 128 Å². The maximum atomic E-state index is 12.3. The molecule has 4 N–H and O–H groups in total. The molecule has 0 aliphatic rings. The maximum absolute atomic E-state index is 12.3. The largest absolute Gasteiger partial charge is 0.378 e. The van der Waals surface area contributed by atoms with Gasteiger partial charge < -0.3 is 10.2 Å². The molecule has 128 valence electrons. The van der Waals surface area contributed by atoms with Crippen molar-refractivity contribution in [1.82, 2.24) is 0 Å². The van der Waals surface area contributed by atoms with E-state index in [0.29, 0.717) is 5.69 Å². The summed E-state index contributed by atoms with van der Waals surface area (Å²) in [5, 5.41) is 1.11. The van der Waals surface area contributed by atoms with E-state index in [4.69, 9.17) is 5.90 Å². The lowest BCUT2D eigenvalue weighted by atomic mass is 10.1. The summed E-state index contributed by atoms with van der Waals surface area (Å²) in [5.41, 5.74) is 0.755. The molecule has 0 fully saturated rings. The van der Waals surface area contributed by atoms with Crippen LogP contribution in [-0.4, -0.2) is 25.3 Å². The third kappa shape index (κ3) is 4.77. The van der Waals surface area contributed by atoms with Gasteiger partial charge in [-0.15, -0.1) is 0 Å². The van der Waals surface area contributed by atoms with E-state index in [1.807, 2.05) is 6.07 Å².